The average molecular weight is 372 g/mol. The first-order valence-corrected chi connectivity index (χ1v) is 5.07. The first-order valence-electron chi connectivity index (χ1n) is 5.07. The van der Waals surface area contributed by atoms with Gasteiger partial charge in [-0.25, -0.2) is 0 Å². The standard InChI is InChI=1S/C10H5F13/c1-2-3-4-5(8(15,16)17,9(18,19)20)6(11,12)7(13,14)10(21,22)23/h2-4H,1H2/b4-3-. The van der Waals surface area contributed by atoms with Crippen LogP contribution in [0.1, 0.15) is 0 Å². The second-order valence-electron chi connectivity index (χ2n) is 4.04. The molecule has 0 aliphatic carbocycles. The lowest BCUT2D eigenvalue weighted by atomic mass is 9.75. The van der Waals surface area contributed by atoms with Crippen LogP contribution in [0.3, 0.4) is 0 Å². The van der Waals surface area contributed by atoms with Gasteiger partial charge in [0.2, 0.25) is 5.41 Å². The summed E-state index contributed by atoms with van der Waals surface area (Å²) in [5.41, 5.74) is -6.79. The monoisotopic (exact) mass is 372 g/mol. The van der Waals surface area contributed by atoms with Crippen LogP contribution in [0.2, 0.25) is 0 Å². The molecule has 136 valence electrons. The van der Waals surface area contributed by atoms with E-state index in [1.54, 1.807) is 0 Å². The van der Waals surface area contributed by atoms with Gasteiger partial charge in [0.1, 0.15) is 0 Å². The van der Waals surface area contributed by atoms with Crippen LogP contribution in [0.5, 0.6) is 0 Å². The van der Waals surface area contributed by atoms with E-state index < -0.39 is 47.9 Å². The van der Waals surface area contributed by atoms with Crippen LogP contribution in [-0.2, 0) is 0 Å². The second-order valence-corrected chi connectivity index (χ2v) is 4.04. The van der Waals surface area contributed by atoms with Gasteiger partial charge < -0.3 is 0 Å². The molecule has 0 unspecified atom stereocenters. The summed E-state index contributed by atoms with van der Waals surface area (Å²) < 4.78 is 164. The van der Waals surface area contributed by atoms with Crippen LogP contribution in [0.15, 0.2) is 24.8 Å². The molecular weight excluding hydrogens is 367 g/mol. The third-order valence-corrected chi connectivity index (χ3v) is 2.62. The molecule has 0 aliphatic rings. The number of hydrogen-bond donors (Lipinski definition) is 0. The summed E-state index contributed by atoms with van der Waals surface area (Å²) >= 11 is 0. The molecule has 0 atom stereocenters. The number of hydrogen-bond acceptors (Lipinski definition) is 0. The van der Waals surface area contributed by atoms with Crippen LogP contribution in [-0.4, -0.2) is 30.4 Å². The van der Waals surface area contributed by atoms with Crippen molar-refractivity contribution in [3.63, 3.8) is 0 Å². The van der Waals surface area contributed by atoms with Crippen molar-refractivity contribution in [3.05, 3.63) is 24.8 Å². The Balaban J connectivity index is 6.94. The Morgan fingerprint density at radius 3 is 1.09 bits per heavy atom. The first kappa shape index (κ1) is 21.6. The lowest BCUT2D eigenvalue weighted by molar-refractivity contribution is -0.446. The molecule has 0 spiro atoms. The van der Waals surface area contributed by atoms with Gasteiger partial charge in [-0.05, 0) is 0 Å². The SMILES string of the molecule is C=C/C=C\C(C(F)(F)F)(C(F)(F)F)C(F)(F)C(F)(F)C(F)(F)F. The molecule has 0 bridgehead atoms. The molecule has 0 aromatic carbocycles. The predicted molar refractivity (Wildman–Crippen MR) is 49.8 cm³/mol. The zero-order chi connectivity index (χ0) is 19.1. The fraction of sp³-hybridized carbons (Fsp3) is 0.600. The van der Waals surface area contributed by atoms with Crippen LogP contribution < -0.4 is 0 Å². The van der Waals surface area contributed by atoms with Crippen molar-refractivity contribution in [3.8, 4) is 0 Å². The normalized spacial score (nSPS) is 16.0. The summed E-state index contributed by atoms with van der Waals surface area (Å²) in [6.45, 7) is 2.54. The van der Waals surface area contributed by atoms with E-state index in [1.165, 1.54) is 0 Å². The molecule has 0 saturated heterocycles. The molecule has 0 radical (unpaired) electrons. The molecule has 0 aromatic heterocycles. The summed E-state index contributed by atoms with van der Waals surface area (Å²) in [6, 6.07) is 0. The molecule has 0 saturated carbocycles. The van der Waals surface area contributed by atoms with Gasteiger partial charge in [-0.2, -0.15) is 57.1 Å². The lowest BCUT2D eigenvalue weighted by Gasteiger charge is -2.43. The van der Waals surface area contributed by atoms with E-state index in [4.69, 9.17) is 0 Å². The molecule has 13 heteroatoms. The minimum absolute atomic E-state index is 0.0635. The molecule has 0 rings (SSSR count). The van der Waals surface area contributed by atoms with Crippen molar-refractivity contribution in [2.45, 2.75) is 30.4 Å². The summed E-state index contributed by atoms with van der Waals surface area (Å²) in [5.74, 6) is -15.3. The summed E-state index contributed by atoms with van der Waals surface area (Å²) in [7, 11) is 0. The van der Waals surface area contributed by atoms with Gasteiger partial charge in [-0.15, -0.1) is 0 Å². The zero-order valence-electron chi connectivity index (χ0n) is 10.4. The molecule has 0 heterocycles. The number of alkyl halides is 13. The number of rotatable bonds is 4. The molecule has 0 N–H and O–H groups in total. The molecule has 0 amide bonds. The lowest BCUT2D eigenvalue weighted by Crippen LogP contribution is -2.69. The van der Waals surface area contributed by atoms with Gasteiger partial charge in [0.05, 0.1) is 0 Å². The maximum Gasteiger partial charge on any atom is 0.459 e. The maximum absolute atomic E-state index is 13.3. The van der Waals surface area contributed by atoms with Crippen molar-refractivity contribution in [1.29, 1.82) is 0 Å². The molecule has 23 heavy (non-hydrogen) atoms. The third kappa shape index (κ3) is 3.01. The highest BCUT2D eigenvalue weighted by atomic mass is 19.4. The van der Waals surface area contributed by atoms with Crippen LogP contribution in [0.4, 0.5) is 57.1 Å². The Bertz CT molecular complexity index is 445. The minimum Gasteiger partial charge on any atom is -0.198 e. The largest absolute Gasteiger partial charge is 0.459 e. The fourth-order valence-corrected chi connectivity index (χ4v) is 1.45. The Morgan fingerprint density at radius 2 is 0.870 bits per heavy atom. The number of allylic oxidation sites excluding steroid dienone is 3. The van der Waals surface area contributed by atoms with Gasteiger partial charge in [-0.3, -0.25) is 0 Å². The topological polar surface area (TPSA) is 0 Å². The highest BCUT2D eigenvalue weighted by molar-refractivity contribution is 5.22. The van der Waals surface area contributed by atoms with Crippen molar-refractivity contribution in [2.75, 3.05) is 0 Å². The summed E-state index contributed by atoms with van der Waals surface area (Å²) in [5, 5.41) is 0. The Kier molecular flexibility index (Phi) is 5.23. The van der Waals surface area contributed by atoms with E-state index in [-0.39, 0.29) is 6.08 Å². The Morgan fingerprint density at radius 1 is 0.522 bits per heavy atom. The Labute approximate surface area is 119 Å². The van der Waals surface area contributed by atoms with E-state index in [0.717, 1.165) is 0 Å². The molecule has 0 aliphatic heterocycles. The smallest absolute Gasteiger partial charge is 0.198 e. The van der Waals surface area contributed by atoms with E-state index in [9.17, 15) is 57.1 Å². The van der Waals surface area contributed by atoms with E-state index in [2.05, 4.69) is 6.58 Å². The van der Waals surface area contributed by atoms with Gasteiger partial charge >= 0.3 is 30.4 Å². The van der Waals surface area contributed by atoms with Gasteiger partial charge in [-0.1, -0.05) is 24.8 Å². The van der Waals surface area contributed by atoms with Crippen LogP contribution in [0.25, 0.3) is 0 Å². The average Bonchev–Trinajstić information content (AvgIpc) is 2.23. The molecule has 0 aromatic rings. The fourth-order valence-electron chi connectivity index (χ4n) is 1.45. The second kappa shape index (κ2) is 5.58. The first-order chi connectivity index (χ1) is 9.81. The van der Waals surface area contributed by atoms with Gasteiger partial charge in [0.25, 0.3) is 0 Å². The van der Waals surface area contributed by atoms with E-state index in [0.29, 0.717) is 0 Å². The highest BCUT2D eigenvalue weighted by Gasteiger charge is 2.91. The van der Waals surface area contributed by atoms with Crippen molar-refractivity contribution >= 4 is 0 Å². The quantitative estimate of drug-likeness (QED) is 0.441. The van der Waals surface area contributed by atoms with Gasteiger partial charge in [0.15, 0.2) is 0 Å². The van der Waals surface area contributed by atoms with E-state index in [1.807, 2.05) is 0 Å². The summed E-state index contributed by atoms with van der Waals surface area (Å²) in [6.07, 6.45) is -23.8. The maximum atomic E-state index is 13.3. The highest BCUT2D eigenvalue weighted by Crippen LogP contribution is 2.65. The summed E-state index contributed by atoms with van der Waals surface area (Å²) in [4.78, 5) is 0. The zero-order valence-corrected chi connectivity index (χ0v) is 10.4. The third-order valence-electron chi connectivity index (χ3n) is 2.62. The van der Waals surface area contributed by atoms with Gasteiger partial charge in [0, 0.05) is 0 Å². The molecule has 0 fully saturated rings. The van der Waals surface area contributed by atoms with Crippen molar-refractivity contribution in [2.24, 2.45) is 5.41 Å². The Hall–Kier alpha value is -1.43. The minimum atomic E-state index is -7.63. The van der Waals surface area contributed by atoms with Crippen molar-refractivity contribution < 1.29 is 57.1 Å². The number of halogens is 13. The molecule has 0 nitrogen and oxygen atoms in total. The van der Waals surface area contributed by atoms with Crippen LogP contribution >= 0.6 is 0 Å². The molecular formula is C10H5F13. The van der Waals surface area contributed by atoms with Crippen molar-refractivity contribution in [1.82, 2.24) is 0 Å². The van der Waals surface area contributed by atoms with Crippen LogP contribution in [0, 0.1) is 5.41 Å². The van der Waals surface area contributed by atoms with E-state index >= 15 is 0 Å². The predicted octanol–water partition coefficient (Wildman–Crippen LogP) is 5.67.